The molecule has 13 heavy (non-hydrogen) atoms. The van der Waals surface area contributed by atoms with Gasteiger partial charge >= 0.3 is 0 Å². The topological polar surface area (TPSA) is 47.3 Å². The van der Waals surface area contributed by atoms with Crippen molar-refractivity contribution in [2.45, 2.75) is 6.92 Å². The third-order valence-electron chi connectivity index (χ3n) is 2.11. The maximum absolute atomic E-state index is 5.85. The van der Waals surface area contributed by atoms with Gasteiger partial charge in [-0.3, -0.25) is 0 Å². The lowest BCUT2D eigenvalue weighted by Gasteiger charge is -2.15. The first-order chi connectivity index (χ1) is 6.11. The molecule has 1 aromatic carbocycles. The van der Waals surface area contributed by atoms with E-state index >= 15 is 0 Å². The second-order valence-electron chi connectivity index (χ2n) is 2.83. The van der Waals surface area contributed by atoms with Gasteiger partial charge in [0.1, 0.15) is 19.3 Å². The van der Waals surface area contributed by atoms with Crippen molar-refractivity contribution < 1.29 is 4.74 Å². The quantitative estimate of drug-likeness (QED) is 0.507. The minimum absolute atomic E-state index is 0.638. The first-order valence-electron chi connectivity index (χ1n) is 4.02. The third kappa shape index (κ3) is 1.57. The number of benzene rings is 1. The van der Waals surface area contributed by atoms with E-state index in [1.165, 1.54) is 0 Å². The van der Waals surface area contributed by atoms with E-state index in [1.807, 2.05) is 6.92 Å². The van der Waals surface area contributed by atoms with Crippen molar-refractivity contribution in [2.75, 3.05) is 25.2 Å². The molecule has 4 heteroatoms. The van der Waals surface area contributed by atoms with E-state index in [-0.39, 0.29) is 0 Å². The zero-order chi connectivity index (χ0) is 10.0. The van der Waals surface area contributed by atoms with Crippen LogP contribution in [0.25, 0.3) is 0 Å². The summed E-state index contributed by atoms with van der Waals surface area (Å²) in [4.78, 5) is 0. The Labute approximate surface area is 79.7 Å². The van der Waals surface area contributed by atoms with Crippen LogP contribution in [0.1, 0.15) is 5.56 Å². The largest absolute Gasteiger partial charge is 0.495 e. The summed E-state index contributed by atoms with van der Waals surface area (Å²) >= 11 is 0. The summed E-state index contributed by atoms with van der Waals surface area (Å²) in [5.41, 5.74) is 8.80. The number of methoxy groups -OCH3 is 1. The summed E-state index contributed by atoms with van der Waals surface area (Å²) in [6.45, 7) is 1.88. The first-order valence-corrected chi connectivity index (χ1v) is 4.02. The minimum atomic E-state index is 0.638. The van der Waals surface area contributed by atoms with Gasteiger partial charge < -0.3 is 15.8 Å². The second kappa shape index (κ2) is 3.60. The number of hydrogen-bond acceptors (Lipinski definition) is 3. The van der Waals surface area contributed by atoms with Crippen LogP contribution in [0.5, 0.6) is 5.75 Å². The predicted octanol–water partition coefficient (Wildman–Crippen LogP) is 0.421. The van der Waals surface area contributed by atoms with E-state index in [9.17, 15) is 0 Å². The molecular weight excluding hydrogens is 163 g/mol. The third-order valence-corrected chi connectivity index (χ3v) is 2.11. The summed E-state index contributed by atoms with van der Waals surface area (Å²) < 4.78 is 5.13. The van der Waals surface area contributed by atoms with Gasteiger partial charge in [0, 0.05) is 7.05 Å². The number of ether oxygens (including phenoxy) is 1. The van der Waals surface area contributed by atoms with Gasteiger partial charge in [0.05, 0.1) is 12.8 Å². The molecule has 3 nitrogen and oxygen atoms in total. The van der Waals surface area contributed by atoms with E-state index < -0.39 is 0 Å². The van der Waals surface area contributed by atoms with Crippen LogP contribution in [0, 0.1) is 6.92 Å². The molecule has 0 unspecified atom stereocenters. The Morgan fingerprint density at radius 2 is 2.15 bits per heavy atom. The highest BCUT2D eigenvalue weighted by Crippen LogP contribution is 2.30. The standard InChI is InChI=1S/C9H13BN2O/c1-5-6(10)4-7(13-3)9(12-2)8(5)11/h4,12H,11H2,1-3H3. The van der Waals surface area contributed by atoms with Gasteiger partial charge in [0.2, 0.25) is 0 Å². The highest BCUT2D eigenvalue weighted by atomic mass is 16.5. The molecular formula is C9H13BN2O. The Balaban J connectivity index is 3.39. The van der Waals surface area contributed by atoms with Crippen LogP contribution in [0.4, 0.5) is 11.4 Å². The average Bonchev–Trinajstić information content (AvgIpc) is 2.13. The molecule has 0 saturated carbocycles. The molecule has 0 atom stereocenters. The van der Waals surface area contributed by atoms with E-state index in [0.29, 0.717) is 16.9 Å². The SMILES string of the molecule is [B]c1cc(OC)c(NC)c(N)c1C. The molecule has 0 spiro atoms. The van der Waals surface area contributed by atoms with Crippen LogP contribution in [0.3, 0.4) is 0 Å². The Bertz CT molecular complexity index is 326. The number of nitrogens with two attached hydrogens (primary N) is 1. The number of nitrogens with one attached hydrogen (secondary N) is 1. The monoisotopic (exact) mass is 176 g/mol. The summed E-state index contributed by atoms with van der Waals surface area (Å²) in [6, 6.07) is 1.76. The maximum atomic E-state index is 5.85. The molecule has 0 aliphatic carbocycles. The summed E-state index contributed by atoms with van der Waals surface area (Å²) in [5, 5.41) is 2.98. The Hall–Kier alpha value is -1.32. The van der Waals surface area contributed by atoms with Gasteiger partial charge in [0.25, 0.3) is 0 Å². The summed E-state index contributed by atoms with van der Waals surface area (Å²) in [7, 11) is 9.12. The van der Waals surface area contributed by atoms with Crippen LogP contribution in [0.15, 0.2) is 6.07 Å². The number of nitrogen functional groups attached to an aromatic ring is 1. The van der Waals surface area contributed by atoms with E-state index in [0.717, 1.165) is 11.3 Å². The van der Waals surface area contributed by atoms with Crippen molar-refractivity contribution in [3.8, 4) is 5.75 Å². The van der Waals surface area contributed by atoms with Gasteiger partial charge in [-0.05, 0) is 18.6 Å². The molecule has 0 saturated heterocycles. The smallest absolute Gasteiger partial charge is 0.143 e. The Morgan fingerprint density at radius 3 is 2.62 bits per heavy atom. The fraction of sp³-hybridized carbons (Fsp3) is 0.333. The van der Waals surface area contributed by atoms with Crippen molar-refractivity contribution in [1.82, 2.24) is 0 Å². The van der Waals surface area contributed by atoms with Crippen LogP contribution in [-0.2, 0) is 0 Å². The number of hydrogen-bond donors (Lipinski definition) is 2. The lowest BCUT2D eigenvalue weighted by atomic mass is 9.89. The molecule has 3 N–H and O–H groups in total. The molecule has 1 rings (SSSR count). The number of anilines is 2. The minimum Gasteiger partial charge on any atom is -0.495 e. The number of rotatable bonds is 2. The fourth-order valence-electron chi connectivity index (χ4n) is 1.22. The van der Waals surface area contributed by atoms with Gasteiger partial charge in [-0.15, -0.1) is 0 Å². The van der Waals surface area contributed by atoms with E-state index in [2.05, 4.69) is 5.32 Å². The van der Waals surface area contributed by atoms with Crippen molar-refractivity contribution in [1.29, 1.82) is 0 Å². The summed E-state index contributed by atoms with van der Waals surface area (Å²) in [6.07, 6.45) is 0. The molecule has 0 amide bonds. The van der Waals surface area contributed by atoms with Crippen LogP contribution in [0.2, 0.25) is 0 Å². The molecule has 68 valence electrons. The average molecular weight is 176 g/mol. The maximum Gasteiger partial charge on any atom is 0.143 e. The normalized spacial score (nSPS) is 9.77. The molecule has 0 bridgehead atoms. The fourth-order valence-corrected chi connectivity index (χ4v) is 1.22. The molecule has 1 aromatic rings. The zero-order valence-corrected chi connectivity index (χ0v) is 8.14. The highest BCUT2D eigenvalue weighted by molar-refractivity contribution is 6.34. The van der Waals surface area contributed by atoms with E-state index in [4.69, 9.17) is 18.3 Å². The van der Waals surface area contributed by atoms with Crippen molar-refractivity contribution in [3.05, 3.63) is 11.6 Å². The molecule has 0 heterocycles. The lowest BCUT2D eigenvalue weighted by molar-refractivity contribution is 0.417. The highest BCUT2D eigenvalue weighted by Gasteiger charge is 2.09. The molecule has 0 aliphatic rings. The van der Waals surface area contributed by atoms with Gasteiger partial charge in [0.15, 0.2) is 0 Å². The van der Waals surface area contributed by atoms with Crippen molar-refractivity contribution >= 4 is 24.7 Å². The Morgan fingerprint density at radius 1 is 1.54 bits per heavy atom. The van der Waals surface area contributed by atoms with Gasteiger partial charge in [-0.1, -0.05) is 5.46 Å². The molecule has 0 aliphatic heterocycles. The van der Waals surface area contributed by atoms with Crippen molar-refractivity contribution in [3.63, 3.8) is 0 Å². The Kier molecular flexibility index (Phi) is 2.71. The predicted molar refractivity (Wildman–Crippen MR) is 57.1 cm³/mol. The van der Waals surface area contributed by atoms with Crippen LogP contribution < -0.4 is 21.3 Å². The lowest BCUT2D eigenvalue weighted by Crippen LogP contribution is -2.13. The zero-order valence-electron chi connectivity index (χ0n) is 8.14. The molecule has 0 fully saturated rings. The second-order valence-corrected chi connectivity index (χ2v) is 2.83. The van der Waals surface area contributed by atoms with Gasteiger partial charge in [-0.25, -0.2) is 0 Å². The molecule has 0 aromatic heterocycles. The molecule has 2 radical (unpaired) electrons. The first kappa shape index (κ1) is 9.77. The van der Waals surface area contributed by atoms with Crippen molar-refractivity contribution in [2.24, 2.45) is 0 Å². The van der Waals surface area contributed by atoms with Crippen LogP contribution in [-0.4, -0.2) is 22.0 Å². The summed E-state index contributed by atoms with van der Waals surface area (Å²) in [5.74, 6) is 0.670. The van der Waals surface area contributed by atoms with Gasteiger partial charge in [-0.2, -0.15) is 0 Å². The van der Waals surface area contributed by atoms with E-state index in [1.54, 1.807) is 20.2 Å². The van der Waals surface area contributed by atoms with Crippen LogP contribution >= 0.6 is 0 Å².